The number of nitrogens with one attached hydrogen (secondary N) is 2. The van der Waals surface area contributed by atoms with E-state index in [2.05, 4.69) is 20.6 Å². The maximum Gasteiger partial charge on any atom is 0.364 e. The van der Waals surface area contributed by atoms with Crippen LogP contribution in [0.4, 0.5) is 5.82 Å². The lowest BCUT2D eigenvalue weighted by Crippen LogP contribution is -2.37. The minimum atomic E-state index is -0.333. The SMILES string of the molecule is O=c1[nH]nc2ccc(NC3(CCl)CCCC3)nn12. The fourth-order valence-corrected chi connectivity index (χ4v) is 2.82. The molecule has 1 saturated carbocycles. The molecule has 0 unspecified atom stereocenters. The van der Waals surface area contributed by atoms with E-state index in [1.54, 1.807) is 6.07 Å². The van der Waals surface area contributed by atoms with Gasteiger partial charge in [0.25, 0.3) is 0 Å². The molecule has 0 aromatic carbocycles. The molecule has 7 heteroatoms. The van der Waals surface area contributed by atoms with Gasteiger partial charge in [-0.25, -0.2) is 9.89 Å². The second-order valence-electron chi connectivity index (χ2n) is 4.76. The second-order valence-corrected chi connectivity index (χ2v) is 5.03. The summed E-state index contributed by atoms with van der Waals surface area (Å²) < 4.78 is 1.25. The Hall–Kier alpha value is -1.56. The van der Waals surface area contributed by atoms with Gasteiger partial charge in [0, 0.05) is 5.88 Å². The van der Waals surface area contributed by atoms with E-state index in [4.69, 9.17) is 11.6 Å². The van der Waals surface area contributed by atoms with Crippen LogP contribution in [0, 0.1) is 0 Å². The highest BCUT2D eigenvalue weighted by atomic mass is 35.5. The molecule has 0 aliphatic heterocycles. The summed E-state index contributed by atoms with van der Waals surface area (Å²) in [5, 5.41) is 13.8. The maximum absolute atomic E-state index is 11.4. The number of alkyl halides is 1. The number of aromatic nitrogens is 4. The second kappa shape index (κ2) is 4.28. The van der Waals surface area contributed by atoms with E-state index in [1.807, 2.05) is 6.07 Å². The Morgan fingerprint density at radius 2 is 2.22 bits per heavy atom. The third kappa shape index (κ3) is 1.86. The number of hydrogen-bond acceptors (Lipinski definition) is 4. The average Bonchev–Trinajstić information content (AvgIpc) is 2.99. The lowest BCUT2D eigenvalue weighted by molar-refractivity contribution is 0.535. The van der Waals surface area contributed by atoms with Gasteiger partial charge >= 0.3 is 5.69 Å². The Balaban J connectivity index is 1.94. The van der Waals surface area contributed by atoms with Crippen molar-refractivity contribution < 1.29 is 0 Å². The van der Waals surface area contributed by atoms with Gasteiger partial charge < -0.3 is 5.32 Å². The molecule has 0 saturated heterocycles. The Morgan fingerprint density at radius 3 is 2.94 bits per heavy atom. The number of anilines is 1. The van der Waals surface area contributed by atoms with Crippen molar-refractivity contribution in [3.8, 4) is 0 Å². The summed E-state index contributed by atoms with van der Waals surface area (Å²) in [5.74, 6) is 1.21. The van der Waals surface area contributed by atoms with Crippen molar-refractivity contribution in [2.24, 2.45) is 0 Å². The monoisotopic (exact) mass is 267 g/mol. The molecule has 0 atom stereocenters. The number of aromatic amines is 1. The lowest BCUT2D eigenvalue weighted by Gasteiger charge is -2.28. The molecule has 2 aromatic rings. The fraction of sp³-hybridized carbons (Fsp3) is 0.545. The molecule has 0 amide bonds. The molecule has 0 bridgehead atoms. The Morgan fingerprint density at radius 1 is 1.44 bits per heavy atom. The predicted octanol–water partition coefficient (Wildman–Crippen LogP) is 1.38. The van der Waals surface area contributed by atoms with Gasteiger partial charge in [-0.05, 0) is 25.0 Å². The highest BCUT2D eigenvalue weighted by molar-refractivity contribution is 6.18. The normalized spacial score (nSPS) is 18.3. The maximum atomic E-state index is 11.4. The van der Waals surface area contributed by atoms with Gasteiger partial charge in [-0.1, -0.05) is 12.8 Å². The molecule has 1 aliphatic carbocycles. The zero-order valence-electron chi connectivity index (χ0n) is 9.82. The van der Waals surface area contributed by atoms with Crippen LogP contribution in [0.15, 0.2) is 16.9 Å². The third-order valence-corrected chi connectivity index (χ3v) is 3.99. The number of hydrogen-bond donors (Lipinski definition) is 2. The molecule has 6 nitrogen and oxygen atoms in total. The van der Waals surface area contributed by atoms with Crippen LogP contribution in [0.1, 0.15) is 25.7 Å². The topological polar surface area (TPSA) is 75.1 Å². The van der Waals surface area contributed by atoms with Gasteiger partial charge in [-0.2, -0.15) is 9.61 Å². The molecule has 0 spiro atoms. The van der Waals surface area contributed by atoms with Crippen molar-refractivity contribution in [2.45, 2.75) is 31.2 Å². The molecular formula is C11H14ClN5O. The number of halogens is 1. The van der Waals surface area contributed by atoms with Crippen molar-refractivity contribution in [3.63, 3.8) is 0 Å². The molecule has 2 heterocycles. The molecule has 3 rings (SSSR count). The smallest absolute Gasteiger partial charge is 0.362 e. The Labute approximate surface area is 108 Å². The highest BCUT2D eigenvalue weighted by Gasteiger charge is 2.33. The van der Waals surface area contributed by atoms with Crippen molar-refractivity contribution in [2.75, 3.05) is 11.2 Å². The Kier molecular flexibility index (Phi) is 2.74. The molecule has 96 valence electrons. The van der Waals surface area contributed by atoms with Crippen LogP contribution in [0.5, 0.6) is 0 Å². The number of H-pyrrole nitrogens is 1. The predicted molar refractivity (Wildman–Crippen MR) is 69.1 cm³/mol. The van der Waals surface area contributed by atoms with Gasteiger partial charge in [0.1, 0.15) is 5.82 Å². The van der Waals surface area contributed by atoms with Gasteiger partial charge in [0.2, 0.25) is 0 Å². The van der Waals surface area contributed by atoms with E-state index < -0.39 is 0 Å². The first-order valence-electron chi connectivity index (χ1n) is 6.01. The van der Waals surface area contributed by atoms with Crippen LogP contribution >= 0.6 is 11.6 Å². The number of nitrogens with zero attached hydrogens (tertiary/aromatic N) is 3. The summed E-state index contributed by atoms with van der Waals surface area (Å²) in [4.78, 5) is 11.4. The summed E-state index contributed by atoms with van der Waals surface area (Å²) in [5.41, 5.74) is 0.0900. The van der Waals surface area contributed by atoms with Crippen LogP contribution in [0.25, 0.3) is 5.65 Å². The summed E-state index contributed by atoms with van der Waals surface area (Å²) in [7, 11) is 0. The highest BCUT2D eigenvalue weighted by Crippen LogP contribution is 2.33. The standard InChI is InChI=1S/C11H14ClN5O/c12-7-11(5-1-2-6-11)13-8-3-4-9-14-15-10(18)17(9)16-8/h3-4H,1-2,5-7H2,(H,13,16)(H,15,18). The first kappa shape index (κ1) is 11.5. The molecule has 2 N–H and O–H groups in total. The lowest BCUT2D eigenvalue weighted by atomic mass is 10.0. The zero-order chi connectivity index (χ0) is 12.6. The number of rotatable bonds is 3. The van der Waals surface area contributed by atoms with E-state index in [-0.39, 0.29) is 11.2 Å². The number of fused-ring (bicyclic) bond motifs is 1. The minimum Gasteiger partial charge on any atom is -0.362 e. The van der Waals surface area contributed by atoms with Crippen molar-refractivity contribution >= 4 is 23.1 Å². The van der Waals surface area contributed by atoms with E-state index in [1.165, 1.54) is 17.4 Å². The van der Waals surface area contributed by atoms with Crippen LogP contribution in [0.2, 0.25) is 0 Å². The average molecular weight is 268 g/mol. The fourth-order valence-electron chi connectivity index (χ4n) is 2.49. The van der Waals surface area contributed by atoms with E-state index in [0.29, 0.717) is 17.3 Å². The summed E-state index contributed by atoms with van der Waals surface area (Å²) in [6.07, 6.45) is 4.42. The van der Waals surface area contributed by atoms with Crippen molar-refractivity contribution in [3.05, 3.63) is 22.6 Å². The molecule has 1 fully saturated rings. The van der Waals surface area contributed by atoms with Crippen LogP contribution in [-0.4, -0.2) is 31.2 Å². The van der Waals surface area contributed by atoms with Crippen molar-refractivity contribution in [1.29, 1.82) is 0 Å². The van der Waals surface area contributed by atoms with Gasteiger partial charge in [0.15, 0.2) is 5.65 Å². The minimum absolute atomic E-state index is 0.0877. The van der Waals surface area contributed by atoms with E-state index in [9.17, 15) is 4.79 Å². The van der Waals surface area contributed by atoms with Crippen LogP contribution < -0.4 is 11.0 Å². The molecule has 18 heavy (non-hydrogen) atoms. The zero-order valence-corrected chi connectivity index (χ0v) is 10.6. The summed E-state index contributed by atoms with van der Waals surface area (Å²) >= 11 is 6.07. The Bertz CT molecular complexity index is 613. The summed E-state index contributed by atoms with van der Waals surface area (Å²) in [6.45, 7) is 0. The van der Waals surface area contributed by atoms with E-state index in [0.717, 1.165) is 12.8 Å². The van der Waals surface area contributed by atoms with Gasteiger partial charge in [-0.3, -0.25) is 0 Å². The molecular weight excluding hydrogens is 254 g/mol. The van der Waals surface area contributed by atoms with Crippen LogP contribution in [0.3, 0.4) is 0 Å². The largest absolute Gasteiger partial charge is 0.364 e. The van der Waals surface area contributed by atoms with Crippen LogP contribution in [-0.2, 0) is 0 Å². The first-order chi connectivity index (χ1) is 8.72. The molecule has 0 radical (unpaired) electrons. The first-order valence-corrected chi connectivity index (χ1v) is 6.55. The quantitative estimate of drug-likeness (QED) is 0.824. The summed E-state index contributed by atoms with van der Waals surface area (Å²) in [6, 6.07) is 3.58. The molecule has 2 aromatic heterocycles. The van der Waals surface area contributed by atoms with Crippen molar-refractivity contribution in [1.82, 2.24) is 19.8 Å². The van der Waals surface area contributed by atoms with Gasteiger partial charge in [-0.15, -0.1) is 16.7 Å². The third-order valence-electron chi connectivity index (χ3n) is 3.48. The van der Waals surface area contributed by atoms with Gasteiger partial charge in [0.05, 0.1) is 5.54 Å². The molecule has 1 aliphatic rings. The van der Waals surface area contributed by atoms with E-state index >= 15 is 0 Å².